The summed E-state index contributed by atoms with van der Waals surface area (Å²) in [5.41, 5.74) is 2.46. The third kappa shape index (κ3) is 4.97. The standard InChI is InChI=1S/C16H27ClN2O/c1-12(2)13(3)19(4)16-10-15(17)7-6-14(16)11-18-8-9-20-5/h6-7,10,12-13,18H,8-9,11H2,1-5H3. The summed E-state index contributed by atoms with van der Waals surface area (Å²) in [5.74, 6) is 0.591. The number of anilines is 1. The average molecular weight is 299 g/mol. The molecule has 4 heteroatoms. The quantitative estimate of drug-likeness (QED) is 0.743. The number of ether oxygens (including phenoxy) is 1. The van der Waals surface area contributed by atoms with Crippen LogP contribution in [0.5, 0.6) is 0 Å². The van der Waals surface area contributed by atoms with E-state index in [0.717, 1.165) is 24.7 Å². The fraction of sp³-hybridized carbons (Fsp3) is 0.625. The summed E-state index contributed by atoms with van der Waals surface area (Å²) in [5, 5.41) is 4.17. The first-order valence-electron chi connectivity index (χ1n) is 7.18. The molecule has 1 rings (SSSR count). The lowest BCUT2D eigenvalue weighted by Crippen LogP contribution is -2.34. The highest BCUT2D eigenvalue weighted by atomic mass is 35.5. The molecule has 3 nitrogen and oxygen atoms in total. The molecule has 0 spiro atoms. The van der Waals surface area contributed by atoms with Crippen molar-refractivity contribution in [1.82, 2.24) is 5.32 Å². The molecule has 0 amide bonds. The minimum atomic E-state index is 0.464. The molecule has 0 saturated carbocycles. The number of benzene rings is 1. The van der Waals surface area contributed by atoms with Gasteiger partial charge < -0.3 is 15.0 Å². The second-order valence-electron chi connectivity index (χ2n) is 5.54. The Bertz CT molecular complexity index is 409. The first-order chi connectivity index (χ1) is 9.47. The van der Waals surface area contributed by atoms with Crippen LogP contribution in [0.3, 0.4) is 0 Å². The summed E-state index contributed by atoms with van der Waals surface area (Å²) >= 11 is 6.16. The number of hydrogen-bond donors (Lipinski definition) is 1. The molecule has 0 aliphatic heterocycles. The molecule has 1 aromatic rings. The van der Waals surface area contributed by atoms with Crippen molar-refractivity contribution < 1.29 is 4.74 Å². The number of methoxy groups -OCH3 is 1. The smallest absolute Gasteiger partial charge is 0.0587 e. The monoisotopic (exact) mass is 298 g/mol. The van der Waals surface area contributed by atoms with Crippen LogP contribution in [0, 0.1) is 5.92 Å². The topological polar surface area (TPSA) is 24.5 Å². The van der Waals surface area contributed by atoms with Crippen molar-refractivity contribution in [2.45, 2.75) is 33.4 Å². The Morgan fingerprint density at radius 3 is 2.60 bits per heavy atom. The molecule has 0 aromatic heterocycles. The van der Waals surface area contributed by atoms with Crippen LogP contribution in [0.25, 0.3) is 0 Å². The predicted octanol–water partition coefficient (Wildman–Crippen LogP) is 3.56. The maximum atomic E-state index is 6.16. The van der Waals surface area contributed by atoms with Gasteiger partial charge in [-0.3, -0.25) is 0 Å². The maximum Gasteiger partial charge on any atom is 0.0587 e. The number of nitrogens with one attached hydrogen (secondary N) is 1. The van der Waals surface area contributed by atoms with Gasteiger partial charge in [0.25, 0.3) is 0 Å². The summed E-state index contributed by atoms with van der Waals surface area (Å²) in [4.78, 5) is 2.31. The summed E-state index contributed by atoms with van der Waals surface area (Å²) in [7, 11) is 3.85. The Labute approximate surface area is 128 Å². The molecular weight excluding hydrogens is 272 g/mol. The van der Waals surface area contributed by atoms with Gasteiger partial charge in [0, 0.05) is 44.0 Å². The number of hydrogen-bond acceptors (Lipinski definition) is 3. The van der Waals surface area contributed by atoms with Crippen LogP contribution >= 0.6 is 11.6 Å². The van der Waals surface area contributed by atoms with E-state index in [1.165, 1.54) is 11.3 Å². The zero-order valence-electron chi connectivity index (χ0n) is 13.2. The molecule has 0 radical (unpaired) electrons. The van der Waals surface area contributed by atoms with Gasteiger partial charge in [-0.15, -0.1) is 0 Å². The molecule has 20 heavy (non-hydrogen) atoms. The van der Waals surface area contributed by atoms with Gasteiger partial charge in [-0.25, -0.2) is 0 Å². The van der Waals surface area contributed by atoms with Crippen LogP contribution in [0.2, 0.25) is 5.02 Å². The van der Waals surface area contributed by atoms with E-state index < -0.39 is 0 Å². The van der Waals surface area contributed by atoms with Gasteiger partial charge in [-0.05, 0) is 30.5 Å². The van der Waals surface area contributed by atoms with Gasteiger partial charge in [-0.1, -0.05) is 31.5 Å². The molecule has 1 unspecified atom stereocenters. The Morgan fingerprint density at radius 1 is 1.30 bits per heavy atom. The second-order valence-corrected chi connectivity index (χ2v) is 5.97. The fourth-order valence-corrected chi connectivity index (χ4v) is 2.25. The van der Waals surface area contributed by atoms with Crippen LogP contribution in [-0.4, -0.2) is 33.4 Å². The largest absolute Gasteiger partial charge is 0.383 e. The van der Waals surface area contributed by atoms with E-state index in [2.05, 4.69) is 44.1 Å². The fourth-order valence-electron chi connectivity index (χ4n) is 2.08. The van der Waals surface area contributed by atoms with E-state index in [9.17, 15) is 0 Å². The molecule has 0 aliphatic carbocycles. The van der Waals surface area contributed by atoms with Crippen molar-refractivity contribution in [3.05, 3.63) is 28.8 Å². The van der Waals surface area contributed by atoms with Crippen molar-refractivity contribution in [2.75, 3.05) is 32.2 Å². The molecule has 0 fully saturated rings. The number of halogens is 1. The Morgan fingerprint density at radius 2 is 2.00 bits per heavy atom. The van der Waals surface area contributed by atoms with E-state index in [4.69, 9.17) is 16.3 Å². The van der Waals surface area contributed by atoms with Gasteiger partial charge in [0.05, 0.1) is 6.61 Å². The van der Waals surface area contributed by atoms with Crippen LogP contribution in [0.1, 0.15) is 26.3 Å². The molecule has 0 aliphatic rings. The van der Waals surface area contributed by atoms with Crippen molar-refractivity contribution in [3.63, 3.8) is 0 Å². The van der Waals surface area contributed by atoms with E-state index in [0.29, 0.717) is 12.0 Å². The molecular formula is C16H27ClN2O. The van der Waals surface area contributed by atoms with E-state index in [-0.39, 0.29) is 0 Å². The first-order valence-corrected chi connectivity index (χ1v) is 7.56. The SMILES string of the molecule is COCCNCc1ccc(Cl)cc1N(C)C(C)C(C)C. The average Bonchev–Trinajstić information content (AvgIpc) is 2.43. The predicted molar refractivity (Wildman–Crippen MR) is 87.7 cm³/mol. The third-order valence-corrected chi connectivity index (χ3v) is 4.04. The third-order valence-electron chi connectivity index (χ3n) is 3.80. The van der Waals surface area contributed by atoms with Crippen LogP contribution in [0.15, 0.2) is 18.2 Å². The Hall–Kier alpha value is -0.770. The first kappa shape index (κ1) is 17.3. The minimum absolute atomic E-state index is 0.464. The van der Waals surface area contributed by atoms with Crippen molar-refractivity contribution in [2.24, 2.45) is 5.92 Å². The van der Waals surface area contributed by atoms with Crippen molar-refractivity contribution in [3.8, 4) is 0 Å². The van der Waals surface area contributed by atoms with E-state index >= 15 is 0 Å². The van der Waals surface area contributed by atoms with Crippen molar-refractivity contribution >= 4 is 17.3 Å². The van der Waals surface area contributed by atoms with Crippen LogP contribution in [-0.2, 0) is 11.3 Å². The Balaban J connectivity index is 2.84. The molecule has 1 aromatic carbocycles. The summed E-state index contributed by atoms with van der Waals surface area (Å²) in [6, 6.07) is 6.56. The van der Waals surface area contributed by atoms with Crippen molar-refractivity contribution in [1.29, 1.82) is 0 Å². The lowest BCUT2D eigenvalue weighted by atomic mass is 10.0. The highest BCUT2D eigenvalue weighted by molar-refractivity contribution is 6.30. The Kier molecular flexibility index (Phi) is 7.35. The molecule has 1 N–H and O–H groups in total. The lowest BCUT2D eigenvalue weighted by molar-refractivity contribution is 0.199. The number of rotatable bonds is 8. The zero-order valence-corrected chi connectivity index (χ0v) is 14.0. The molecule has 114 valence electrons. The molecule has 0 heterocycles. The summed E-state index contributed by atoms with van der Waals surface area (Å²) in [6.07, 6.45) is 0. The normalized spacial score (nSPS) is 12.8. The molecule has 0 bridgehead atoms. The summed E-state index contributed by atoms with van der Waals surface area (Å²) < 4.78 is 5.05. The van der Waals surface area contributed by atoms with Gasteiger partial charge >= 0.3 is 0 Å². The molecule has 0 saturated heterocycles. The summed E-state index contributed by atoms with van der Waals surface area (Å²) in [6.45, 7) is 9.12. The lowest BCUT2D eigenvalue weighted by Gasteiger charge is -2.32. The van der Waals surface area contributed by atoms with Crippen LogP contribution in [0.4, 0.5) is 5.69 Å². The minimum Gasteiger partial charge on any atom is -0.383 e. The number of nitrogens with zero attached hydrogens (tertiary/aromatic N) is 1. The maximum absolute atomic E-state index is 6.16. The van der Waals surface area contributed by atoms with Gasteiger partial charge in [0.15, 0.2) is 0 Å². The van der Waals surface area contributed by atoms with Gasteiger partial charge in [0.2, 0.25) is 0 Å². The van der Waals surface area contributed by atoms with E-state index in [1.807, 2.05) is 12.1 Å². The van der Waals surface area contributed by atoms with Crippen LogP contribution < -0.4 is 10.2 Å². The van der Waals surface area contributed by atoms with Gasteiger partial charge in [0.1, 0.15) is 0 Å². The highest BCUT2D eigenvalue weighted by Crippen LogP contribution is 2.27. The van der Waals surface area contributed by atoms with E-state index in [1.54, 1.807) is 7.11 Å². The zero-order chi connectivity index (χ0) is 15.1. The molecule has 1 atom stereocenters. The highest BCUT2D eigenvalue weighted by Gasteiger charge is 2.16. The second kappa shape index (κ2) is 8.50. The van der Waals surface area contributed by atoms with Gasteiger partial charge in [-0.2, -0.15) is 0 Å².